The van der Waals surface area contributed by atoms with Gasteiger partial charge in [-0.1, -0.05) is 41.4 Å². The fourth-order valence-electron chi connectivity index (χ4n) is 3.25. The summed E-state index contributed by atoms with van der Waals surface area (Å²) in [5, 5.41) is 1.67. The number of methoxy groups -OCH3 is 1. The van der Waals surface area contributed by atoms with Crippen LogP contribution in [0.25, 0.3) is 6.08 Å². The first-order valence-corrected chi connectivity index (χ1v) is 12.1. The zero-order valence-electron chi connectivity index (χ0n) is 18.6. The number of rotatable bonds is 7. The first kappa shape index (κ1) is 24.2. The summed E-state index contributed by atoms with van der Waals surface area (Å²) < 4.78 is 11.0. The molecular formula is C26H22Cl2N2O3S. The largest absolute Gasteiger partial charge is 0.497 e. The average molecular weight is 513 g/mol. The molecule has 0 N–H and O–H groups in total. The Bertz CT molecular complexity index is 1240. The summed E-state index contributed by atoms with van der Waals surface area (Å²) in [6.45, 7) is 2.85. The maximum absolute atomic E-state index is 12.9. The Labute approximate surface area is 213 Å². The number of hydrogen-bond acceptors (Lipinski definition) is 5. The Morgan fingerprint density at radius 1 is 0.971 bits per heavy atom. The lowest BCUT2D eigenvalue weighted by molar-refractivity contribution is -0.122. The first-order chi connectivity index (χ1) is 16.5. The fraction of sp³-hybridized carbons (Fsp3) is 0.154. The van der Waals surface area contributed by atoms with Gasteiger partial charge in [0, 0.05) is 6.54 Å². The van der Waals surface area contributed by atoms with Crippen molar-refractivity contribution in [2.45, 2.75) is 13.5 Å². The van der Waals surface area contributed by atoms with Crippen molar-refractivity contribution in [3.63, 3.8) is 0 Å². The van der Waals surface area contributed by atoms with Crippen LogP contribution in [0.1, 0.15) is 18.1 Å². The van der Waals surface area contributed by atoms with Crippen LogP contribution in [0, 0.1) is 0 Å². The van der Waals surface area contributed by atoms with Gasteiger partial charge in [0.05, 0.1) is 27.7 Å². The molecule has 8 heteroatoms. The highest BCUT2D eigenvalue weighted by Gasteiger charge is 2.32. The van der Waals surface area contributed by atoms with E-state index in [1.54, 1.807) is 24.1 Å². The molecule has 5 nitrogen and oxygen atoms in total. The number of thioether (sulfide) groups is 1. The molecule has 1 saturated heterocycles. The number of halogens is 2. The molecule has 1 amide bonds. The number of aliphatic imine (C=N–C) groups is 1. The number of amides is 1. The van der Waals surface area contributed by atoms with E-state index in [0.29, 0.717) is 33.3 Å². The molecule has 0 unspecified atom stereocenters. The molecule has 1 heterocycles. The first-order valence-electron chi connectivity index (χ1n) is 10.6. The van der Waals surface area contributed by atoms with Gasteiger partial charge in [0.15, 0.2) is 5.17 Å². The summed E-state index contributed by atoms with van der Waals surface area (Å²) in [6, 6.07) is 20.4. The van der Waals surface area contributed by atoms with Gasteiger partial charge in [-0.3, -0.25) is 9.69 Å². The van der Waals surface area contributed by atoms with Crippen LogP contribution < -0.4 is 9.47 Å². The molecule has 0 aromatic heterocycles. The number of ether oxygens (including phenoxy) is 2. The number of amidine groups is 1. The predicted molar refractivity (Wildman–Crippen MR) is 140 cm³/mol. The summed E-state index contributed by atoms with van der Waals surface area (Å²) in [4.78, 5) is 19.9. The average Bonchev–Trinajstić information content (AvgIpc) is 3.14. The Morgan fingerprint density at radius 2 is 1.68 bits per heavy atom. The van der Waals surface area contributed by atoms with Gasteiger partial charge >= 0.3 is 0 Å². The molecule has 0 radical (unpaired) electrons. The van der Waals surface area contributed by atoms with E-state index in [1.165, 1.54) is 11.8 Å². The van der Waals surface area contributed by atoms with Gasteiger partial charge in [-0.15, -0.1) is 0 Å². The topological polar surface area (TPSA) is 51.1 Å². The van der Waals surface area contributed by atoms with Crippen LogP contribution in [0.3, 0.4) is 0 Å². The summed E-state index contributed by atoms with van der Waals surface area (Å²) >= 11 is 13.4. The lowest BCUT2D eigenvalue weighted by Gasteiger charge is -2.12. The van der Waals surface area contributed by atoms with Crippen LogP contribution in [0.2, 0.25) is 10.0 Å². The minimum absolute atomic E-state index is 0.0558. The Balaban J connectivity index is 1.45. The molecule has 1 aliphatic heterocycles. The van der Waals surface area contributed by atoms with E-state index in [2.05, 4.69) is 4.99 Å². The second-order valence-corrected chi connectivity index (χ2v) is 9.18. The van der Waals surface area contributed by atoms with Crippen LogP contribution in [0.4, 0.5) is 5.69 Å². The Morgan fingerprint density at radius 3 is 2.32 bits per heavy atom. The van der Waals surface area contributed by atoms with Crippen molar-refractivity contribution in [3.8, 4) is 11.5 Å². The van der Waals surface area contributed by atoms with Crippen LogP contribution in [0.15, 0.2) is 76.6 Å². The van der Waals surface area contributed by atoms with E-state index in [1.807, 2.05) is 67.6 Å². The van der Waals surface area contributed by atoms with Crippen LogP contribution in [0.5, 0.6) is 11.5 Å². The molecule has 1 fully saturated rings. The SMILES string of the molecule is CCN1C(=O)/C(=C\c2ccc(OCc3ccc(Cl)c(Cl)c3)cc2)SC1=Nc1ccc(OC)cc1. The number of benzene rings is 3. The highest BCUT2D eigenvalue weighted by atomic mass is 35.5. The van der Waals surface area contributed by atoms with E-state index in [0.717, 1.165) is 28.3 Å². The van der Waals surface area contributed by atoms with Gasteiger partial charge in [-0.2, -0.15) is 0 Å². The molecule has 0 saturated carbocycles. The van der Waals surface area contributed by atoms with Crippen molar-refractivity contribution in [2.75, 3.05) is 13.7 Å². The van der Waals surface area contributed by atoms with Gasteiger partial charge in [0.1, 0.15) is 18.1 Å². The van der Waals surface area contributed by atoms with Gasteiger partial charge < -0.3 is 9.47 Å². The molecule has 0 atom stereocenters. The minimum Gasteiger partial charge on any atom is -0.497 e. The number of carbonyl (C=O) groups is 1. The summed E-state index contributed by atoms with van der Waals surface area (Å²) in [6.07, 6.45) is 1.87. The molecule has 1 aliphatic rings. The van der Waals surface area contributed by atoms with E-state index in [-0.39, 0.29) is 5.91 Å². The van der Waals surface area contributed by atoms with Gasteiger partial charge in [-0.05, 0) is 84.4 Å². The minimum atomic E-state index is -0.0558. The fourth-order valence-corrected chi connectivity index (χ4v) is 4.63. The molecule has 0 bridgehead atoms. The second kappa shape index (κ2) is 11.0. The lowest BCUT2D eigenvalue weighted by Crippen LogP contribution is -2.28. The number of nitrogens with zero attached hydrogens (tertiary/aromatic N) is 2. The molecule has 3 aromatic rings. The third-order valence-electron chi connectivity index (χ3n) is 5.07. The zero-order chi connectivity index (χ0) is 24.1. The third-order valence-corrected chi connectivity index (χ3v) is 6.81. The Hall–Kier alpha value is -2.93. The quantitative estimate of drug-likeness (QED) is 0.314. The smallest absolute Gasteiger partial charge is 0.266 e. The van der Waals surface area contributed by atoms with Crippen LogP contribution >= 0.6 is 35.0 Å². The molecule has 174 valence electrons. The highest BCUT2D eigenvalue weighted by molar-refractivity contribution is 8.18. The summed E-state index contributed by atoms with van der Waals surface area (Å²) in [5.41, 5.74) is 2.59. The molecule has 3 aromatic carbocycles. The van der Waals surface area contributed by atoms with E-state index in [9.17, 15) is 4.79 Å². The number of hydrogen-bond donors (Lipinski definition) is 0. The second-order valence-electron chi connectivity index (χ2n) is 7.36. The van der Waals surface area contributed by atoms with Crippen LogP contribution in [-0.4, -0.2) is 29.6 Å². The standard InChI is InChI=1S/C26H22Cl2N2O3S/c1-3-30-25(31)24(34-26(30)29-19-7-11-20(32-2)12-8-19)15-17-4-9-21(10-5-17)33-16-18-6-13-22(27)23(28)14-18/h4-15H,3,16H2,1-2H3/b24-15+,29-26?. The van der Waals surface area contributed by atoms with Gasteiger partial charge in [0.25, 0.3) is 5.91 Å². The van der Waals surface area contributed by atoms with E-state index >= 15 is 0 Å². The number of likely N-dealkylation sites (N-methyl/N-ethyl adjacent to an activating group) is 1. The van der Waals surface area contributed by atoms with E-state index in [4.69, 9.17) is 32.7 Å². The molecule has 34 heavy (non-hydrogen) atoms. The van der Waals surface area contributed by atoms with Crippen molar-refractivity contribution in [1.82, 2.24) is 4.90 Å². The Kier molecular flexibility index (Phi) is 7.83. The lowest BCUT2D eigenvalue weighted by atomic mass is 10.2. The summed E-state index contributed by atoms with van der Waals surface area (Å²) in [5.74, 6) is 1.42. The normalized spacial score (nSPS) is 15.9. The maximum atomic E-state index is 12.9. The molecule has 4 rings (SSSR count). The van der Waals surface area contributed by atoms with Crippen molar-refractivity contribution >= 4 is 57.8 Å². The van der Waals surface area contributed by atoms with Crippen molar-refractivity contribution in [3.05, 3.63) is 92.8 Å². The van der Waals surface area contributed by atoms with Crippen molar-refractivity contribution < 1.29 is 14.3 Å². The van der Waals surface area contributed by atoms with Gasteiger partial charge in [-0.25, -0.2) is 4.99 Å². The van der Waals surface area contributed by atoms with Crippen molar-refractivity contribution in [1.29, 1.82) is 0 Å². The van der Waals surface area contributed by atoms with E-state index < -0.39 is 0 Å². The molecule has 0 spiro atoms. The van der Waals surface area contributed by atoms with Gasteiger partial charge in [0.2, 0.25) is 0 Å². The van der Waals surface area contributed by atoms with Crippen LogP contribution in [-0.2, 0) is 11.4 Å². The maximum Gasteiger partial charge on any atom is 0.266 e. The highest BCUT2D eigenvalue weighted by Crippen LogP contribution is 2.34. The predicted octanol–water partition coefficient (Wildman–Crippen LogP) is 7.20. The summed E-state index contributed by atoms with van der Waals surface area (Å²) in [7, 11) is 1.62. The zero-order valence-corrected chi connectivity index (χ0v) is 21.0. The monoisotopic (exact) mass is 512 g/mol. The number of carbonyl (C=O) groups excluding carboxylic acids is 1. The van der Waals surface area contributed by atoms with Crippen molar-refractivity contribution in [2.24, 2.45) is 4.99 Å². The molecular weight excluding hydrogens is 491 g/mol. The third kappa shape index (κ3) is 5.76. The molecule has 0 aliphatic carbocycles.